The molecule has 5 fully saturated rings. The first-order valence-corrected chi connectivity index (χ1v) is 9.09. The fraction of sp³-hybridized carbons (Fsp3) is 0.824. The zero-order chi connectivity index (χ0) is 16.4. The second kappa shape index (κ2) is 5.26. The standard InChI is InChI=1S/C17H22N2O5/c20-15(9-1-3-11-13(7-9)23-11)18-5-6-19(17(18)22)16(21)10-2-4-12-14(8-10)24-12/h9-14H,1-8H2/t9-,10-,11-,12+,13-,14+/m1/s1. The summed E-state index contributed by atoms with van der Waals surface area (Å²) in [4.78, 5) is 40.5. The first kappa shape index (κ1) is 14.8. The quantitative estimate of drug-likeness (QED) is 0.701. The van der Waals surface area contributed by atoms with Crippen LogP contribution in [-0.4, -0.2) is 65.2 Å². The molecule has 0 aromatic rings. The van der Waals surface area contributed by atoms with Gasteiger partial charge in [-0.2, -0.15) is 0 Å². The highest BCUT2D eigenvalue weighted by Crippen LogP contribution is 2.41. The van der Waals surface area contributed by atoms with Gasteiger partial charge in [-0.3, -0.25) is 19.4 Å². The van der Waals surface area contributed by atoms with E-state index in [1.54, 1.807) is 0 Å². The number of carbonyl (C=O) groups is 3. The summed E-state index contributed by atoms with van der Waals surface area (Å²) >= 11 is 0. The Hall–Kier alpha value is -1.47. The van der Waals surface area contributed by atoms with Crippen LogP contribution in [0, 0.1) is 11.8 Å². The Morgan fingerprint density at radius 2 is 1.21 bits per heavy atom. The third kappa shape index (κ3) is 2.37. The predicted molar refractivity (Wildman–Crippen MR) is 80.8 cm³/mol. The summed E-state index contributed by atoms with van der Waals surface area (Å²) in [5, 5.41) is 0. The number of nitrogens with zero attached hydrogens (tertiary/aromatic N) is 2. The van der Waals surface area contributed by atoms with E-state index in [1.807, 2.05) is 0 Å². The van der Waals surface area contributed by atoms with Gasteiger partial charge in [-0.1, -0.05) is 0 Å². The number of carbonyl (C=O) groups excluding carboxylic acids is 3. The number of hydrogen-bond acceptors (Lipinski definition) is 5. The van der Waals surface area contributed by atoms with Crippen LogP contribution < -0.4 is 0 Å². The normalized spacial score (nSPS) is 43.2. The fourth-order valence-electron chi connectivity index (χ4n) is 4.64. The number of rotatable bonds is 2. The molecule has 3 saturated heterocycles. The molecule has 4 amide bonds. The summed E-state index contributed by atoms with van der Waals surface area (Å²) in [6.45, 7) is 0.647. The molecule has 5 rings (SSSR count). The minimum absolute atomic E-state index is 0.126. The van der Waals surface area contributed by atoms with Crippen molar-refractivity contribution in [2.75, 3.05) is 13.1 Å². The van der Waals surface area contributed by atoms with E-state index < -0.39 is 6.03 Å². The molecule has 6 atom stereocenters. The van der Waals surface area contributed by atoms with Gasteiger partial charge in [0.2, 0.25) is 11.8 Å². The van der Waals surface area contributed by atoms with Gasteiger partial charge in [0.25, 0.3) is 0 Å². The molecule has 0 aromatic carbocycles. The largest absolute Gasteiger partial charge is 0.370 e. The molecule has 0 aromatic heterocycles. The molecule has 7 nitrogen and oxygen atoms in total. The van der Waals surface area contributed by atoms with Gasteiger partial charge in [-0.25, -0.2) is 4.79 Å². The molecule has 0 bridgehead atoms. The second-order valence-electron chi connectivity index (χ2n) is 7.71. The molecular weight excluding hydrogens is 312 g/mol. The Morgan fingerprint density at radius 3 is 1.62 bits per heavy atom. The van der Waals surface area contributed by atoms with Crippen LogP contribution >= 0.6 is 0 Å². The first-order valence-electron chi connectivity index (χ1n) is 9.09. The molecular formula is C17H22N2O5. The summed E-state index contributed by atoms with van der Waals surface area (Å²) in [6.07, 6.45) is 5.86. The first-order chi connectivity index (χ1) is 11.6. The third-order valence-electron chi connectivity index (χ3n) is 6.25. The van der Waals surface area contributed by atoms with Crippen LogP contribution in [0.5, 0.6) is 0 Å². The predicted octanol–water partition coefficient (Wildman–Crippen LogP) is 0.912. The SMILES string of the molecule is O=C([C@@H]1CC[C@@H]2O[C@H]2C1)N1CCN(C(=O)[C@@H]2CC[C@H]3O[C@@H]3C2)C1=O. The number of hydrogen-bond donors (Lipinski definition) is 0. The lowest BCUT2D eigenvalue weighted by Crippen LogP contribution is -2.44. The topological polar surface area (TPSA) is 82.8 Å². The Kier molecular flexibility index (Phi) is 3.25. The lowest BCUT2D eigenvalue weighted by Gasteiger charge is -2.25. The lowest BCUT2D eigenvalue weighted by molar-refractivity contribution is -0.133. The maximum atomic E-state index is 12.7. The van der Waals surface area contributed by atoms with Crippen molar-refractivity contribution in [2.24, 2.45) is 11.8 Å². The molecule has 24 heavy (non-hydrogen) atoms. The van der Waals surface area contributed by atoms with Crippen LogP contribution in [0.1, 0.15) is 38.5 Å². The molecule has 2 aliphatic carbocycles. The minimum Gasteiger partial charge on any atom is -0.370 e. The summed E-state index contributed by atoms with van der Waals surface area (Å²) in [6, 6.07) is -0.428. The van der Waals surface area contributed by atoms with Crippen LogP contribution in [0.15, 0.2) is 0 Å². The van der Waals surface area contributed by atoms with Gasteiger partial charge < -0.3 is 9.47 Å². The van der Waals surface area contributed by atoms with E-state index in [1.165, 1.54) is 9.80 Å². The summed E-state index contributed by atoms with van der Waals surface area (Å²) in [5.74, 6) is -0.525. The van der Waals surface area contributed by atoms with Gasteiger partial charge >= 0.3 is 6.03 Å². The van der Waals surface area contributed by atoms with E-state index >= 15 is 0 Å². The fourth-order valence-corrected chi connectivity index (χ4v) is 4.64. The number of fused-ring (bicyclic) bond motifs is 2. The number of urea groups is 1. The van der Waals surface area contributed by atoms with Crippen LogP contribution in [0.3, 0.4) is 0 Å². The second-order valence-corrected chi connectivity index (χ2v) is 7.71. The van der Waals surface area contributed by atoms with Crippen molar-refractivity contribution in [2.45, 2.75) is 62.9 Å². The van der Waals surface area contributed by atoms with Crippen LogP contribution in [0.2, 0.25) is 0 Å². The van der Waals surface area contributed by atoms with Crippen molar-refractivity contribution in [3.8, 4) is 0 Å². The summed E-state index contributed by atoms with van der Waals surface area (Å²) in [5.41, 5.74) is 0. The summed E-state index contributed by atoms with van der Waals surface area (Å²) in [7, 11) is 0. The number of epoxide rings is 2. The third-order valence-corrected chi connectivity index (χ3v) is 6.25. The van der Waals surface area contributed by atoms with Gasteiger partial charge in [0.15, 0.2) is 0 Å². The highest BCUT2D eigenvalue weighted by molar-refractivity contribution is 6.04. The molecule has 3 heterocycles. The van der Waals surface area contributed by atoms with E-state index in [-0.39, 0.29) is 35.9 Å². The zero-order valence-corrected chi connectivity index (χ0v) is 13.6. The molecule has 0 unspecified atom stereocenters. The van der Waals surface area contributed by atoms with Crippen molar-refractivity contribution >= 4 is 17.8 Å². The van der Waals surface area contributed by atoms with Crippen LogP contribution in [-0.2, 0) is 19.1 Å². The van der Waals surface area contributed by atoms with Crippen molar-refractivity contribution in [1.82, 2.24) is 9.80 Å². The Labute approximate surface area is 140 Å². The monoisotopic (exact) mass is 334 g/mol. The number of ether oxygens (including phenoxy) is 2. The van der Waals surface area contributed by atoms with Crippen LogP contribution in [0.4, 0.5) is 4.79 Å². The van der Waals surface area contributed by atoms with Crippen molar-refractivity contribution in [3.63, 3.8) is 0 Å². The molecule has 0 radical (unpaired) electrons. The average Bonchev–Trinajstić information content (AvgIpc) is 3.49. The molecule has 3 aliphatic heterocycles. The average molecular weight is 334 g/mol. The Bertz CT molecular complexity index is 558. The highest BCUT2D eigenvalue weighted by Gasteiger charge is 2.50. The Balaban J connectivity index is 1.22. The number of imide groups is 2. The van der Waals surface area contributed by atoms with Crippen molar-refractivity contribution in [1.29, 1.82) is 0 Å². The van der Waals surface area contributed by atoms with E-state index in [9.17, 15) is 14.4 Å². The minimum atomic E-state index is -0.428. The number of amides is 4. The summed E-state index contributed by atoms with van der Waals surface area (Å²) < 4.78 is 10.9. The smallest absolute Gasteiger partial charge is 0.333 e. The maximum absolute atomic E-state index is 12.7. The van der Waals surface area contributed by atoms with E-state index in [0.29, 0.717) is 38.1 Å². The van der Waals surface area contributed by atoms with Gasteiger partial charge in [-0.05, 0) is 38.5 Å². The highest BCUT2D eigenvalue weighted by atomic mass is 16.6. The van der Waals surface area contributed by atoms with Gasteiger partial charge in [0, 0.05) is 24.9 Å². The molecule has 7 heteroatoms. The van der Waals surface area contributed by atoms with E-state index in [4.69, 9.17) is 9.47 Å². The van der Waals surface area contributed by atoms with E-state index in [2.05, 4.69) is 0 Å². The molecule has 2 saturated carbocycles. The van der Waals surface area contributed by atoms with Crippen molar-refractivity contribution < 1.29 is 23.9 Å². The van der Waals surface area contributed by atoms with Gasteiger partial charge in [-0.15, -0.1) is 0 Å². The van der Waals surface area contributed by atoms with Crippen molar-refractivity contribution in [3.05, 3.63) is 0 Å². The van der Waals surface area contributed by atoms with E-state index in [0.717, 1.165) is 25.7 Å². The molecule has 0 spiro atoms. The van der Waals surface area contributed by atoms with Crippen LogP contribution in [0.25, 0.3) is 0 Å². The zero-order valence-electron chi connectivity index (χ0n) is 13.6. The van der Waals surface area contributed by atoms with Gasteiger partial charge in [0.05, 0.1) is 24.4 Å². The molecule has 5 aliphatic rings. The molecule has 130 valence electrons. The lowest BCUT2D eigenvalue weighted by atomic mass is 9.88. The molecule has 0 N–H and O–H groups in total. The van der Waals surface area contributed by atoms with Gasteiger partial charge in [0.1, 0.15) is 0 Å². The Morgan fingerprint density at radius 1 is 0.750 bits per heavy atom. The maximum Gasteiger partial charge on any atom is 0.333 e.